The van der Waals surface area contributed by atoms with Crippen LogP contribution in [-0.2, 0) is 6.54 Å². The van der Waals surface area contributed by atoms with E-state index in [0.717, 1.165) is 23.6 Å². The van der Waals surface area contributed by atoms with Crippen molar-refractivity contribution in [2.75, 3.05) is 18.9 Å². The first-order valence-electron chi connectivity index (χ1n) is 6.18. The van der Waals surface area contributed by atoms with E-state index in [1.807, 2.05) is 18.2 Å². The van der Waals surface area contributed by atoms with Crippen LogP contribution in [0.15, 0.2) is 35.4 Å². The predicted molar refractivity (Wildman–Crippen MR) is 76.9 cm³/mol. The van der Waals surface area contributed by atoms with Gasteiger partial charge < -0.3 is 10.4 Å². The van der Waals surface area contributed by atoms with Crippen LogP contribution in [0.5, 0.6) is 0 Å². The van der Waals surface area contributed by atoms with Gasteiger partial charge in [-0.15, -0.1) is 11.8 Å². The van der Waals surface area contributed by atoms with Crippen LogP contribution in [0, 0.1) is 0 Å². The zero-order valence-corrected chi connectivity index (χ0v) is 11.3. The molecule has 0 atom stereocenters. The predicted octanol–water partition coefficient (Wildman–Crippen LogP) is 2.43. The number of aromatic nitrogens is 1. The second-order valence-corrected chi connectivity index (χ2v) is 5.08. The highest BCUT2D eigenvalue weighted by Crippen LogP contribution is 2.24. The number of nitrogens with one attached hydrogen (secondary N) is 1. The number of para-hydroxylation sites is 1. The molecule has 96 valence electrons. The van der Waals surface area contributed by atoms with Gasteiger partial charge in [0.15, 0.2) is 0 Å². The second kappa shape index (κ2) is 6.73. The number of rotatable bonds is 6. The molecule has 4 heteroatoms. The number of thioether (sulfide) groups is 1. The number of aliphatic hydroxyl groups is 1. The summed E-state index contributed by atoms with van der Waals surface area (Å²) in [6, 6.07) is 10.3. The summed E-state index contributed by atoms with van der Waals surface area (Å²) in [6.07, 6.45) is 0. The Hall–Kier alpha value is -1.10. The number of benzene rings is 1. The average molecular weight is 262 g/mol. The first-order valence-corrected chi connectivity index (χ1v) is 7.16. The Balaban J connectivity index is 2.35. The van der Waals surface area contributed by atoms with Crippen molar-refractivity contribution in [3.05, 3.63) is 35.9 Å². The van der Waals surface area contributed by atoms with Gasteiger partial charge in [0, 0.05) is 17.7 Å². The molecule has 0 radical (unpaired) electrons. The summed E-state index contributed by atoms with van der Waals surface area (Å²) in [5.41, 5.74) is 2.21. The molecular weight excluding hydrogens is 244 g/mol. The molecular formula is C14H18N2OS. The molecule has 2 rings (SSSR count). The Labute approximate surface area is 112 Å². The topological polar surface area (TPSA) is 45.2 Å². The Kier molecular flexibility index (Phi) is 4.99. The summed E-state index contributed by atoms with van der Waals surface area (Å²) in [6.45, 7) is 4.04. The fourth-order valence-corrected chi connectivity index (χ4v) is 2.56. The molecule has 0 aliphatic rings. The monoisotopic (exact) mass is 262 g/mol. The molecule has 0 spiro atoms. The summed E-state index contributed by atoms with van der Waals surface area (Å²) >= 11 is 1.61. The van der Waals surface area contributed by atoms with Gasteiger partial charge in [0.05, 0.1) is 12.1 Å². The SMILES string of the molecule is CCNCc1cc2ccccc2nc1SCCO. The van der Waals surface area contributed by atoms with Crippen molar-refractivity contribution in [3.8, 4) is 0 Å². The maximum absolute atomic E-state index is 8.94. The first-order chi connectivity index (χ1) is 8.85. The Morgan fingerprint density at radius 2 is 2.17 bits per heavy atom. The zero-order valence-electron chi connectivity index (χ0n) is 10.5. The standard InChI is InChI=1S/C14H18N2OS/c1-2-15-10-12-9-11-5-3-4-6-13(11)16-14(12)18-8-7-17/h3-6,9,15,17H,2,7-8,10H2,1H3. The van der Waals surface area contributed by atoms with Gasteiger partial charge in [0.2, 0.25) is 0 Å². The summed E-state index contributed by atoms with van der Waals surface area (Å²) in [5.74, 6) is 0.685. The molecule has 1 heterocycles. The van der Waals surface area contributed by atoms with Crippen LogP contribution in [0.4, 0.5) is 0 Å². The van der Waals surface area contributed by atoms with Crippen LogP contribution >= 0.6 is 11.8 Å². The van der Waals surface area contributed by atoms with E-state index >= 15 is 0 Å². The number of pyridine rings is 1. The van der Waals surface area contributed by atoms with Crippen LogP contribution in [0.3, 0.4) is 0 Å². The number of hydrogen-bond donors (Lipinski definition) is 2. The Morgan fingerprint density at radius 3 is 2.94 bits per heavy atom. The number of aliphatic hydroxyl groups excluding tert-OH is 1. The molecule has 0 aliphatic carbocycles. The van der Waals surface area contributed by atoms with Crippen molar-refractivity contribution in [3.63, 3.8) is 0 Å². The van der Waals surface area contributed by atoms with Crippen LogP contribution < -0.4 is 5.32 Å². The largest absolute Gasteiger partial charge is 0.396 e. The highest BCUT2D eigenvalue weighted by molar-refractivity contribution is 7.99. The molecule has 2 aromatic rings. The molecule has 2 N–H and O–H groups in total. The van der Waals surface area contributed by atoms with Gasteiger partial charge >= 0.3 is 0 Å². The molecule has 1 aromatic carbocycles. The van der Waals surface area contributed by atoms with Gasteiger partial charge in [-0.25, -0.2) is 4.98 Å². The van der Waals surface area contributed by atoms with Gasteiger partial charge in [-0.2, -0.15) is 0 Å². The molecule has 0 aliphatic heterocycles. The van der Waals surface area contributed by atoms with E-state index in [4.69, 9.17) is 5.11 Å². The molecule has 1 aromatic heterocycles. The van der Waals surface area contributed by atoms with E-state index in [-0.39, 0.29) is 6.61 Å². The zero-order chi connectivity index (χ0) is 12.8. The van der Waals surface area contributed by atoms with Crippen molar-refractivity contribution in [2.24, 2.45) is 0 Å². The molecule has 0 amide bonds. The lowest BCUT2D eigenvalue weighted by atomic mass is 10.1. The number of hydrogen-bond acceptors (Lipinski definition) is 4. The maximum atomic E-state index is 8.94. The van der Waals surface area contributed by atoms with E-state index in [1.165, 1.54) is 10.9 Å². The van der Waals surface area contributed by atoms with E-state index in [9.17, 15) is 0 Å². The molecule has 0 saturated heterocycles. The molecule has 18 heavy (non-hydrogen) atoms. The van der Waals surface area contributed by atoms with Gasteiger partial charge in [-0.3, -0.25) is 0 Å². The minimum atomic E-state index is 0.180. The molecule has 3 nitrogen and oxygen atoms in total. The Bertz CT molecular complexity index is 470. The minimum Gasteiger partial charge on any atom is -0.396 e. The van der Waals surface area contributed by atoms with Crippen molar-refractivity contribution >= 4 is 22.7 Å². The Morgan fingerprint density at radius 1 is 1.33 bits per heavy atom. The van der Waals surface area contributed by atoms with E-state index in [1.54, 1.807) is 11.8 Å². The number of nitrogens with zero attached hydrogens (tertiary/aromatic N) is 1. The first kappa shape index (κ1) is 13.3. The van der Waals surface area contributed by atoms with E-state index < -0.39 is 0 Å². The van der Waals surface area contributed by atoms with Crippen LogP contribution in [-0.4, -0.2) is 29.0 Å². The maximum Gasteiger partial charge on any atom is 0.101 e. The fourth-order valence-electron chi connectivity index (χ4n) is 1.80. The normalized spacial score (nSPS) is 11.0. The van der Waals surface area contributed by atoms with Crippen molar-refractivity contribution in [1.29, 1.82) is 0 Å². The lowest BCUT2D eigenvalue weighted by molar-refractivity contribution is 0.322. The molecule has 0 fully saturated rings. The fraction of sp³-hybridized carbons (Fsp3) is 0.357. The lowest BCUT2D eigenvalue weighted by Gasteiger charge is -2.10. The van der Waals surface area contributed by atoms with Crippen molar-refractivity contribution in [1.82, 2.24) is 10.3 Å². The minimum absolute atomic E-state index is 0.180. The molecule has 0 bridgehead atoms. The van der Waals surface area contributed by atoms with Crippen molar-refractivity contribution in [2.45, 2.75) is 18.5 Å². The van der Waals surface area contributed by atoms with E-state index in [2.05, 4.69) is 29.4 Å². The molecule has 0 saturated carbocycles. The van der Waals surface area contributed by atoms with Crippen LogP contribution in [0.2, 0.25) is 0 Å². The third-order valence-electron chi connectivity index (χ3n) is 2.66. The van der Waals surface area contributed by atoms with Gasteiger partial charge in [-0.1, -0.05) is 25.1 Å². The van der Waals surface area contributed by atoms with Gasteiger partial charge in [0.1, 0.15) is 5.03 Å². The van der Waals surface area contributed by atoms with Crippen molar-refractivity contribution < 1.29 is 5.11 Å². The third-order valence-corrected chi connectivity index (χ3v) is 3.67. The lowest BCUT2D eigenvalue weighted by Crippen LogP contribution is -2.13. The number of fused-ring (bicyclic) bond motifs is 1. The smallest absolute Gasteiger partial charge is 0.101 e. The van der Waals surface area contributed by atoms with Gasteiger partial charge in [0.25, 0.3) is 0 Å². The average Bonchev–Trinajstić information content (AvgIpc) is 2.42. The summed E-state index contributed by atoms with van der Waals surface area (Å²) in [5, 5.41) is 14.5. The van der Waals surface area contributed by atoms with E-state index in [0.29, 0.717) is 5.75 Å². The third kappa shape index (κ3) is 3.22. The van der Waals surface area contributed by atoms with Crippen LogP contribution in [0.1, 0.15) is 12.5 Å². The van der Waals surface area contributed by atoms with Crippen LogP contribution in [0.25, 0.3) is 10.9 Å². The summed E-state index contributed by atoms with van der Waals surface area (Å²) in [7, 11) is 0. The summed E-state index contributed by atoms with van der Waals surface area (Å²) < 4.78 is 0. The van der Waals surface area contributed by atoms with Gasteiger partial charge in [-0.05, 0) is 24.2 Å². The summed E-state index contributed by atoms with van der Waals surface area (Å²) in [4.78, 5) is 4.68. The highest BCUT2D eigenvalue weighted by Gasteiger charge is 2.06. The quantitative estimate of drug-likeness (QED) is 0.785. The second-order valence-electron chi connectivity index (χ2n) is 4.00. The molecule has 0 unspecified atom stereocenters. The highest BCUT2D eigenvalue weighted by atomic mass is 32.2.